The molecule has 0 amide bonds. The molecular formula is C9H4ClF3N2O. The van der Waals surface area contributed by atoms with Gasteiger partial charge in [-0.25, -0.2) is 18.2 Å². The summed E-state index contributed by atoms with van der Waals surface area (Å²) in [6.07, 6.45) is 0. The molecule has 1 aromatic carbocycles. The summed E-state index contributed by atoms with van der Waals surface area (Å²) in [5.74, 6) is -4.71. The van der Waals surface area contributed by atoms with Crippen molar-refractivity contribution < 1.29 is 13.2 Å². The van der Waals surface area contributed by atoms with Crippen molar-refractivity contribution in [2.75, 3.05) is 0 Å². The van der Waals surface area contributed by atoms with Gasteiger partial charge in [0.2, 0.25) is 0 Å². The molecule has 0 atom stereocenters. The molecule has 0 aliphatic rings. The van der Waals surface area contributed by atoms with Crippen LogP contribution in [0, 0.1) is 17.5 Å². The van der Waals surface area contributed by atoms with Crippen LogP contribution in [0.1, 0.15) is 5.82 Å². The molecule has 0 aliphatic carbocycles. The molecule has 0 saturated heterocycles. The summed E-state index contributed by atoms with van der Waals surface area (Å²) in [7, 11) is 0. The Morgan fingerprint density at radius 2 is 2.00 bits per heavy atom. The van der Waals surface area contributed by atoms with Crippen molar-refractivity contribution in [1.29, 1.82) is 0 Å². The zero-order valence-electron chi connectivity index (χ0n) is 7.65. The summed E-state index contributed by atoms with van der Waals surface area (Å²) in [5.41, 5.74) is -1.16. The molecule has 84 valence electrons. The van der Waals surface area contributed by atoms with Crippen LogP contribution in [0.25, 0.3) is 10.9 Å². The van der Waals surface area contributed by atoms with Crippen molar-refractivity contribution in [2.45, 2.75) is 5.88 Å². The standard InChI is InChI=1S/C9H4ClF3N2O/c10-2-5-14-4-1-3(11)7(12)8(13)6(4)9(16)15-5/h1H,2H2,(H,14,15,16). The maximum atomic E-state index is 13.2. The van der Waals surface area contributed by atoms with Gasteiger partial charge < -0.3 is 4.98 Å². The Balaban J connectivity index is 2.96. The van der Waals surface area contributed by atoms with Gasteiger partial charge in [0.1, 0.15) is 11.2 Å². The number of halogens is 4. The first-order valence-electron chi connectivity index (χ1n) is 4.17. The smallest absolute Gasteiger partial charge is 0.261 e. The van der Waals surface area contributed by atoms with E-state index in [2.05, 4.69) is 9.97 Å². The van der Waals surface area contributed by atoms with E-state index < -0.39 is 28.4 Å². The summed E-state index contributed by atoms with van der Waals surface area (Å²) in [4.78, 5) is 17.2. The van der Waals surface area contributed by atoms with Gasteiger partial charge in [-0.2, -0.15) is 0 Å². The molecular weight excluding hydrogens is 245 g/mol. The molecule has 0 bridgehead atoms. The van der Waals surface area contributed by atoms with Gasteiger partial charge in [-0.1, -0.05) is 0 Å². The number of aromatic amines is 1. The van der Waals surface area contributed by atoms with Crippen molar-refractivity contribution >= 4 is 22.5 Å². The predicted molar refractivity (Wildman–Crippen MR) is 51.8 cm³/mol. The number of rotatable bonds is 1. The molecule has 1 N–H and O–H groups in total. The molecule has 0 radical (unpaired) electrons. The zero-order valence-corrected chi connectivity index (χ0v) is 8.41. The van der Waals surface area contributed by atoms with Gasteiger partial charge in [-0.05, 0) is 0 Å². The Morgan fingerprint density at radius 3 is 2.62 bits per heavy atom. The second-order valence-electron chi connectivity index (χ2n) is 3.03. The number of alkyl halides is 1. The second kappa shape index (κ2) is 3.79. The van der Waals surface area contributed by atoms with Gasteiger partial charge in [-0.3, -0.25) is 4.79 Å². The Bertz CT molecular complexity index is 626. The first-order chi connectivity index (χ1) is 7.54. The van der Waals surface area contributed by atoms with E-state index in [-0.39, 0.29) is 17.2 Å². The van der Waals surface area contributed by atoms with Crippen molar-refractivity contribution in [2.24, 2.45) is 0 Å². The molecule has 0 unspecified atom stereocenters. The number of hydrogen-bond donors (Lipinski definition) is 1. The fraction of sp³-hybridized carbons (Fsp3) is 0.111. The van der Waals surface area contributed by atoms with Gasteiger partial charge in [0.15, 0.2) is 17.5 Å². The third-order valence-electron chi connectivity index (χ3n) is 2.01. The van der Waals surface area contributed by atoms with Gasteiger partial charge >= 0.3 is 0 Å². The van der Waals surface area contributed by atoms with Crippen LogP contribution in [-0.2, 0) is 5.88 Å². The van der Waals surface area contributed by atoms with Gasteiger partial charge in [0, 0.05) is 6.07 Å². The van der Waals surface area contributed by atoms with Crippen LogP contribution in [0.2, 0.25) is 0 Å². The summed E-state index contributed by atoms with van der Waals surface area (Å²) in [6.45, 7) is 0. The molecule has 3 nitrogen and oxygen atoms in total. The van der Waals surface area contributed by atoms with Crippen LogP contribution in [0.3, 0.4) is 0 Å². The lowest BCUT2D eigenvalue weighted by molar-refractivity contribution is 0.453. The molecule has 0 aliphatic heterocycles. The average Bonchev–Trinajstić information content (AvgIpc) is 2.25. The highest BCUT2D eigenvalue weighted by Crippen LogP contribution is 2.18. The number of nitrogens with one attached hydrogen (secondary N) is 1. The number of fused-ring (bicyclic) bond motifs is 1. The normalized spacial score (nSPS) is 11.0. The monoisotopic (exact) mass is 248 g/mol. The van der Waals surface area contributed by atoms with Crippen molar-refractivity contribution in [3.05, 3.63) is 39.7 Å². The molecule has 0 saturated carbocycles. The largest absolute Gasteiger partial charge is 0.309 e. The van der Waals surface area contributed by atoms with Crippen molar-refractivity contribution in [3.8, 4) is 0 Å². The minimum Gasteiger partial charge on any atom is -0.309 e. The first-order valence-corrected chi connectivity index (χ1v) is 4.70. The van der Waals surface area contributed by atoms with Crippen LogP contribution in [0.5, 0.6) is 0 Å². The number of benzene rings is 1. The van der Waals surface area contributed by atoms with Gasteiger partial charge in [0.25, 0.3) is 5.56 Å². The molecule has 0 spiro atoms. The van der Waals surface area contributed by atoms with E-state index in [0.29, 0.717) is 6.07 Å². The fourth-order valence-corrected chi connectivity index (χ4v) is 1.44. The van der Waals surface area contributed by atoms with E-state index >= 15 is 0 Å². The Morgan fingerprint density at radius 1 is 1.31 bits per heavy atom. The van der Waals surface area contributed by atoms with Crippen LogP contribution in [0.4, 0.5) is 13.2 Å². The van der Waals surface area contributed by atoms with Crippen LogP contribution in [-0.4, -0.2) is 9.97 Å². The molecule has 0 fully saturated rings. The maximum Gasteiger partial charge on any atom is 0.261 e. The second-order valence-corrected chi connectivity index (χ2v) is 3.29. The summed E-state index contributed by atoms with van der Waals surface area (Å²) < 4.78 is 39.0. The average molecular weight is 249 g/mol. The van der Waals surface area contributed by atoms with E-state index in [1.54, 1.807) is 0 Å². The van der Waals surface area contributed by atoms with E-state index in [0.717, 1.165) is 0 Å². The van der Waals surface area contributed by atoms with Gasteiger partial charge in [0.05, 0.1) is 11.4 Å². The molecule has 1 aromatic heterocycles. The number of nitrogens with zero attached hydrogens (tertiary/aromatic N) is 1. The Labute approximate surface area is 91.9 Å². The van der Waals surface area contributed by atoms with E-state index in [1.165, 1.54) is 0 Å². The number of H-pyrrole nitrogens is 1. The van der Waals surface area contributed by atoms with Crippen molar-refractivity contribution in [3.63, 3.8) is 0 Å². The summed E-state index contributed by atoms with van der Waals surface area (Å²) in [6, 6.07) is 0.652. The minimum absolute atomic E-state index is 0.0598. The highest BCUT2D eigenvalue weighted by molar-refractivity contribution is 6.16. The molecule has 1 heterocycles. The molecule has 16 heavy (non-hydrogen) atoms. The summed E-state index contributed by atoms with van der Waals surface area (Å²) in [5, 5.41) is -0.618. The summed E-state index contributed by atoms with van der Waals surface area (Å²) >= 11 is 5.42. The number of aromatic nitrogens is 2. The van der Waals surface area contributed by atoms with E-state index in [9.17, 15) is 18.0 Å². The van der Waals surface area contributed by atoms with Crippen LogP contribution in [0.15, 0.2) is 10.9 Å². The van der Waals surface area contributed by atoms with Crippen LogP contribution < -0.4 is 5.56 Å². The lowest BCUT2D eigenvalue weighted by Gasteiger charge is -2.02. The number of hydrogen-bond acceptors (Lipinski definition) is 2. The van der Waals surface area contributed by atoms with E-state index in [4.69, 9.17) is 11.6 Å². The molecule has 2 aromatic rings. The third-order valence-corrected chi connectivity index (χ3v) is 2.26. The minimum atomic E-state index is -1.70. The molecule has 2 rings (SSSR count). The maximum absolute atomic E-state index is 13.2. The lowest BCUT2D eigenvalue weighted by Crippen LogP contribution is -2.14. The topological polar surface area (TPSA) is 45.8 Å². The van der Waals surface area contributed by atoms with Crippen molar-refractivity contribution in [1.82, 2.24) is 9.97 Å². The van der Waals surface area contributed by atoms with E-state index in [1.807, 2.05) is 0 Å². The van der Waals surface area contributed by atoms with Crippen LogP contribution >= 0.6 is 11.6 Å². The highest BCUT2D eigenvalue weighted by atomic mass is 35.5. The highest BCUT2D eigenvalue weighted by Gasteiger charge is 2.17. The zero-order chi connectivity index (χ0) is 11.9. The Hall–Kier alpha value is -1.56. The first kappa shape index (κ1) is 10.9. The lowest BCUT2D eigenvalue weighted by atomic mass is 10.2. The Kier molecular flexibility index (Phi) is 2.59. The van der Waals surface area contributed by atoms with Gasteiger partial charge in [-0.15, -0.1) is 11.6 Å². The predicted octanol–water partition coefficient (Wildman–Crippen LogP) is 2.08. The third kappa shape index (κ3) is 1.55. The SMILES string of the molecule is O=c1[nH]c(CCl)nc2cc(F)c(F)c(F)c12. The fourth-order valence-electron chi connectivity index (χ4n) is 1.32. The quantitative estimate of drug-likeness (QED) is 0.620. The molecule has 7 heteroatoms.